The molecule has 1 aromatic rings. The van der Waals surface area contributed by atoms with Crippen LogP contribution in [0.4, 0.5) is 5.69 Å². The molecule has 1 rings (SSSR count). The van der Waals surface area contributed by atoms with E-state index in [1.54, 1.807) is 18.0 Å². The van der Waals surface area contributed by atoms with Gasteiger partial charge in [0.05, 0.1) is 20.2 Å². The van der Waals surface area contributed by atoms with Gasteiger partial charge in [0.15, 0.2) is 0 Å². The molecule has 9 nitrogen and oxygen atoms in total. The van der Waals surface area contributed by atoms with Crippen molar-refractivity contribution >= 4 is 27.5 Å². The molecule has 0 bridgehead atoms. The van der Waals surface area contributed by atoms with Crippen molar-refractivity contribution in [1.82, 2.24) is 14.5 Å². The number of amides is 2. The van der Waals surface area contributed by atoms with E-state index >= 15 is 0 Å². The smallest absolute Gasteiger partial charge is 0.246 e. The average molecular weight is 401 g/mol. The number of nitrogens with one attached hydrogen (secondary N) is 2. The summed E-state index contributed by atoms with van der Waals surface area (Å²) in [6.45, 7) is 2.63. The largest absolute Gasteiger partial charge is 0.495 e. The van der Waals surface area contributed by atoms with Crippen molar-refractivity contribution in [3.05, 3.63) is 18.2 Å². The van der Waals surface area contributed by atoms with E-state index in [0.717, 1.165) is 10.7 Å². The SMILES string of the molecule is CCCNC(=O)CN(C)CC(=O)Nc1ccc(OC)c(S(=O)(=O)N(C)C)c1. The van der Waals surface area contributed by atoms with Gasteiger partial charge in [-0.3, -0.25) is 14.5 Å². The van der Waals surface area contributed by atoms with Crippen LogP contribution in [0.5, 0.6) is 5.75 Å². The molecule has 1 aromatic carbocycles. The number of carbonyl (C=O) groups excluding carboxylic acids is 2. The molecule has 0 saturated carbocycles. The Hall–Kier alpha value is -2.17. The van der Waals surface area contributed by atoms with E-state index in [9.17, 15) is 18.0 Å². The van der Waals surface area contributed by atoms with Gasteiger partial charge in [0.25, 0.3) is 0 Å². The first-order valence-electron chi connectivity index (χ1n) is 8.47. The molecule has 0 aliphatic heterocycles. The average Bonchev–Trinajstić information content (AvgIpc) is 2.59. The lowest BCUT2D eigenvalue weighted by Gasteiger charge is -2.17. The van der Waals surface area contributed by atoms with E-state index in [0.29, 0.717) is 12.2 Å². The Morgan fingerprint density at radius 1 is 1.11 bits per heavy atom. The summed E-state index contributed by atoms with van der Waals surface area (Å²) in [7, 11) is 2.13. The number of ether oxygens (including phenoxy) is 1. The van der Waals surface area contributed by atoms with Crippen LogP contribution in [-0.2, 0) is 19.6 Å². The van der Waals surface area contributed by atoms with Crippen molar-refractivity contribution < 1.29 is 22.7 Å². The van der Waals surface area contributed by atoms with Crippen molar-refractivity contribution in [2.24, 2.45) is 0 Å². The lowest BCUT2D eigenvalue weighted by atomic mass is 10.3. The second kappa shape index (κ2) is 10.2. The Morgan fingerprint density at radius 2 is 1.74 bits per heavy atom. The van der Waals surface area contributed by atoms with Gasteiger partial charge in [-0.25, -0.2) is 12.7 Å². The predicted molar refractivity (Wildman–Crippen MR) is 103 cm³/mol. The maximum atomic E-state index is 12.4. The molecular weight excluding hydrogens is 372 g/mol. The number of carbonyl (C=O) groups is 2. The number of sulfonamides is 1. The summed E-state index contributed by atoms with van der Waals surface area (Å²) in [5.41, 5.74) is 0.324. The van der Waals surface area contributed by atoms with Gasteiger partial charge in [0.1, 0.15) is 10.6 Å². The number of methoxy groups -OCH3 is 1. The fraction of sp³-hybridized carbons (Fsp3) is 0.529. The molecule has 0 spiro atoms. The Labute approximate surface area is 160 Å². The molecule has 0 atom stereocenters. The van der Waals surface area contributed by atoms with Crippen LogP contribution in [0.3, 0.4) is 0 Å². The quantitative estimate of drug-likeness (QED) is 0.586. The molecule has 2 amide bonds. The first-order chi connectivity index (χ1) is 12.6. The van der Waals surface area contributed by atoms with Crippen molar-refractivity contribution in [1.29, 1.82) is 0 Å². The fourth-order valence-electron chi connectivity index (χ4n) is 2.22. The van der Waals surface area contributed by atoms with Crippen molar-refractivity contribution in [2.45, 2.75) is 18.2 Å². The van der Waals surface area contributed by atoms with Crippen LogP contribution in [0.15, 0.2) is 23.1 Å². The van der Waals surface area contributed by atoms with Crippen LogP contribution in [0.1, 0.15) is 13.3 Å². The highest BCUT2D eigenvalue weighted by Gasteiger charge is 2.23. The Kier molecular flexibility index (Phi) is 8.67. The van der Waals surface area contributed by atoms with Gasteiger partial charge in [-0.2, -0.15) is 0 Å². The van der Waals surface area contributed by atoms with Crippen LogP contribution in [0.25, 0.3) is 0 Å². The minimum absolute atomic E-state index is 0.0126. The molecule has 2 N–H and O–H groups in total. The van der Waals surface area contributed by atoms with E-state index in [-0.39, 0.29) is 35.5 Å². The van der Waals surface area contributed by atoms with Gasteiger partial charge in [0, 0.05) is 26.3 Å². The maximum Gasteiger partial charge on any atom is 0.246 e. The van der Waals surface area contributed by atoms with Crippen LogP contribution in [0.2, 0.25) is 0 Å². The second-order valence-corrected chi connectivity index (χ2v) is 8.34. The zero-order valence-electron chi connectivity index (χ0n) is 16.4. The van der Waals surface area contributed by atoms with Gasteiger partial charge >= 0.3 is 0 Å². The highest BCUT2D eigenvalue weighted by molar-refractivity contribution is 7.89. The highest BCUT2D eigenvalue weighted by Crippen LogP contribution is 2.28. The Bertz CT molecular complexity index is 765. The zero-order chi connectivity index (χ0) is 20.6. The molecule has 0 heterocycles. The summed E-state index contributed by atoms with van der Waals surface area (Å²) in [5.74, 6) is -0.332. The second-order valence-electron chi connectivity index (χ2n) is 6.22. The topological polar surface area (TPSA) is 108 Å². The zero-order valence-corrected chi connectivity index (χ0v) is 17.2. The fourth-order valence-corrected chi connectivity index (χ4v) is 3.29. The van der Waals surface area contributed by atoms with Crippen LogP contribution in [-0.4, -0.2) is 77.3 Å². The summed E-state index contributed by atoms with van der Waals surface area (Å²) in [6.07, 6.45) is 0.839. The summed E-state index contributed by atoms with van der Waals surface area (Å²) >= 11 is 0. The number of rotatable bonds is 10. The van der Waals surface area contributed by atoms with Crippen LogP contribution in [0, 0.1) is 0 Å². The standard InChI is InChI=1S/C17H28N4O5S/c1-6-9-18-16(22)11-21(4)12-17(23)19-13-7-8-14(26-5)15(10-13)27(24,25)20(2)3/h7-8,10H,6,9,11-12H2,1-5H3,(H,18,22)(H,19,23). The Balaban J connectivity index is 2.81. The van der Waals surface area contributed by atoms with Gasteiger partial charge < -0.3 is 15.4 Å². The third-order valence-corrected chi connectivity index (χ3v) is 5.44. The lowest BCUT2D eigenvalue weighted by Crippen LogP contribution is -2.39. The van der Waals surface area contributed by atoms with Crippen molar-refractivity contribution in [2.75, 3.05) is 53.2 Å². The molecule has 10 heteroatoms. The van der Waals surface area contributed by atoms with E-state index in [2.05, 4.69) is 10.6 Å². The number of hydrogen-bond acceptors (Lipinski definition) is 6. The summed E-state index contributed by atoms with van der Waals surface area (Å²) in [5, 5.41) is 5.38. The molecule has 0 fully saturated rings. The summed E-state index contributed by atoms with van der Waals surface area (Å²) < 4.78 is 31.0. The molecule has 0 saturated heterocycles. The minimum Gasteiger partial charge on any atom is -0.495 e. The van der Waals surface area contributed by atoms with E-state index < -0.39 is 10.0 Å². The normalized spacial score (nSPS) is 11.5. The van der Waals surface area contributed by atoms with Gasteiger partial charge in [0.2, 0.25) is 21.8 Å². The maximum absolute atomic E-state index is 12.4. The van der Waals surface area contributed by atoms with Gasteiger partial charge in [-0.15, -0.1) is 0 Å². The number of anilines is 1. The predicted octanol–water partition coefficient (Wildman–Crippen LogP) is 0.342. The number of hydrogen-bond donors (Lipinski definition) is 2. The van der Waals surface area contributed by atoms with E-state index in [1.165, 1.54) is 33.3 Å². The van der Waals surface area contributed by atoms with Crippen molar-refractivity contribution in [3.8, 4) is 5.75 Å². The number of likely N-dealkylation sites (N-methyl/N-ethyl adjacent to an activating group) is 1. The third kappa shape index (κ3) is 6.81. The molecule has 0 aliphatic rings. The number of benzene rings is 1. The first-order valence-corrected chi connectivity index (χ1v) is 9.91. The third-order valence-electron chi connectivity index (χ3n) is 3.61. The van der Waals surface area contributed by atoms with Crippen molar-refractivity contribution in [3.63, 3.8) is 0 Å². The summed E-state index contributed by atoms with van der Waals surface area (Å²) in [4.78, 5) is 25.4. The molecular formula is C17H28N4O5S. The van der Waals surface area contributed by atoms with Crippen LogP contribution < -0.4 is 15.4 Å². The Morgan fingerprint density at radius 3 is 2.30 bits per heavy atom. The lowest BCUT2D eigenvalue weighted by molar-refractivity contribution is -0.122. The van der Waals surface area contributed by atoms with Crippen LogP contribution >= 0.6 is 0 Å². The van der Waals surface area contributed by atoms with E-state index in [1.807, 2.05) is 6.92 Å². The molecule has 0 radical (unpaired) electrons. The highest BCUT2D eigenvalue weighted by atomic mass is 32.2. The van der Waals surface area contributed by atoms with E-state index in [4.69, 9.17) is 4.74 Å². The molecule has 0 aromatic heterocycles. The molecule has 0 aliphatic carbocycles. The minimum atomic E-state index is -3.73. The first kappa shape index (κ1) is 22.9. The molecule has 0 unspecified atom stereocenters. The van der Waals surface area contributed by atoms with Gasteiger partial charge in [-0.1, -0.05) is 6.92 Å². The molecule has 27 heavy (non-hydrogen) atoms. The van der Waals surface area contributed by atoms with Gasteiger partial charge in [-0.05, 0) is 31.7 Å². The number of nitrogens with zero attached hydrogens (tertiary/aromatic N) is 2. The summed E-state index contributed by atoms with van der Waals surface area (Å²) in [6, 6.07) is 4.38. The monoisotopic (exact) mass is 400 g/mol. The molecule has 152 valence electrons.